The molecule has 4 rings (SSSR count). The van der Waals surface area contributed by atoms with Crippen molar-refractivity contribution in [2.24, 2.45) is 0 Å². The molecule has 0 saturated carbocycles. The number of pyridine rings is 1. The molecule has 27 heavy (non-hydrogen) atoms. The molecule has 0 fully saturated rings. The molecule has 5 nitrogen and oxygen atoms in total. The number of carbonyl (C=O) groups is 1. The Labute approximate surface area is 157 Å². The highest BCUT2D eigenvalue weighted by Crippen LogP contribution is 2.32. The highest BCUT2D eigenvalue weighted by atomic mass is 16.1. The van der Waals surface area contributed by atoms with Gasteiger partial charge in [-0.05, 0) is 39.9 Å². The maximum atomic E-state index is 12.5. The molecule has 1 aliphatic heterocycles. The van der Waals surface area contributed by atoms with Crippen LogP contribution in [-0.2, 0) is 19.6 Å². The Bertz CT molecular complexity index is 1020. The zero-order valence-electron chi connectivity index (χ0n) is 14.7. The summed E-state index contributed by atoms with van der Waals surface area (Å²) in [6, 6.07) is 19.6. The van der Waals surface area contributed by atoms with Gasteiger partial charge in [0.2, 0.25) is 0 Å². The zero-order valence-corrected chi connectivity index (χ0v) is 14.7. The summed E-state index contributed by atoms with van der Waals surface area (Å²) in [7, 11) is 0. The predicted octanol–water partition coefficient (Wildman–Crippen LogP) is 3.48. The molecule has 0 bridgehead atoms. The number of nitriles is 1. The van der Waals surface area contributed by atoms with Crippen LogP contribution in [0.5, 0.6) is 0 Å². The number of hydrogen-bond donors (Lipinski definition) is 1. The van der Waals surface area contributed by atoms with Crippen molar-refractivity contribution in [3.63, 3.8) is 0 Å². The van der Waals surface area contributed by atoms with Gasteiger partial charge < -0.3 is 10.2 Å². The Hall–Kier alpha value is -3.65. The van der Waals surface area contributed by atoms with E-state index in [4.69, 9.17) is 0 Å². The number of rotatable bonds is 4. The summed E-state index contributed by atoms with van der Waals surface area (Å²) in [4.78, 5) is 18.5. The molecule has 0 unspecified atom stereocenters. The summed E-state index contributed by atoms with van der Waals surface area (Å²) < 4.78 is 0. The molecule has 0 atom stereocenters. The van der Waals surface area contributed by atoms with Crippen LogP contribution in [0.15, 0.2) is 66.9 Å². The molecule has 5 heteroatoms. The largest absolute Gasteiger partial charge is 0.347 e. The van der Waals surface area contributed by atoms with E-state index >= 15 is 0 Å². The molecule has 0 aliphatic carbocycles. The van der Waals surface area contributed by atoms with Gasteiger partial charge in [0.05, 0.1) is 13.1 Å². The minimum Gasteiger partial charge on any atom is -0.347 e. The summed E-state index contributed by atoms with van der Waals surface area (Å²) in [5, 5.41) is 12.1. The third-order valence-corrected chi connectivity index (χ3v) is 4.72. The van der Waals surface area contributed by atoms with Gasteiger partial charge in [0, 0.05) is 12.7 Å². The van der Waals surface area contributed by atoms with Crippen molar-refractivity contribution in [2.45, 2.75) is 19.6 Å². The standard InChI is InChI=1S/C22H18N4O/c23-15-26-13-18-7-4-8-19(20(18)14-26)17-9-10-24-21(11-17)22(27)25-12-16-5-2-1-3-6-16/h1-11H,12-14H2,(H,25,27). The minimum absolute atomic E-state index is 0.202. The van der Waals surface area contributed by atoms with E-state index in [-0.39, 0.29) is 5.91 Å². The quantitative estimate of drug-likeness (QED) is 0.729. The van der Waals surface area contributed by atoms with Gasteiger partial charge in [0.15, 0.2) is 6.19 Å². The van der Waals surface area contributed by atoms with Crippen LogP contribution >= 0.6 is 0 Å². The molecule has 0 radical (unpaired) electrons. The first-order valence-corrected chi connectivity index (χ1v) is 8.78. The van der Waals surface area contributed by atoms with E-state index in [2.05, 4.69) is 16.5 Å². The number of hydrogen-bond acceptors (Lipinski definition) is 4. The van der Waals surface area contributed by atoms with Crippen molar-refractivity contribution in [2.75, 3.05) is 0 Å². The van der Waals surface area contributed by atoms with Crippen molar-refractivity contribution < 1.29 is 4.79 Å². The molecule has 1 amide bonds. The lowest BCUT2D eigenvalue weighted by Gasteiger charge is -2.10. The molecule has 132 valence electrons. The monoisotopic (exact) mass is 354 g/mol. The highest BCUT2D eigenvalue weighted by molar-refractivity contribution is 5.93. The van der Waals surface area contributed by atoms with E-state index in [1.54, 1.807) is 11.1 Å². The van der Waals surface area contributed by atoms with Gasteiger partial charge in [-0.1, -0.05) is 48.5 Å². The highest BCUT2D eigenvalue weighted by Gasteiger charge is 2.21. The van der Waals surface area contributed by atoms with Crippen LogP contribution in [0, 0.1) is 11.5 Å². The van der Waals surface area contributed by atoms with E-state index in [1.807, 2.05) is 60.7 Å². The maximum Gasteiger partial charge on any atom is 0.270 e. The minimum atomic E-state index is -0.202. The summed E-state index contributed by atoms with van der Waals surface area (Å²) in [6.07, 6.45) is 3.86. The van der Waals surface area contributed by atoms with Gasteiger partial charge in [-0.3, -0.25) is 9.78 Å². The van der Waals surface area contributed by atoms with Crippen LogP contribution in [0.1, 0.15) is 27.2 Å². The van der Waals surface area contributed by atoms with Gasteiger partial charge in [0.25, 0.3) is 5.91 Å². The fraction of sp³-hybridized carbons (Fsp3) is 0.136. The third kappa shape index (κ3) is 3.51. The second-order valence-electron chi connectivity index (χ2n) is 6.50. The van der Waals surface area contributed by atoms with Crippen molar-refractivity contribution in [3.8, 4) is 17.3 Å². The molecule has 3 aromatic rings. The SMILES string of the molecule is N#CN1Cc2cccc(-c3ccnc(C(=O)NCc4ccccc4)c3)c2C1. The van der Waals surface area contributed by atoms with E-state index in [1.165, 1.54) is 0 Å². The number of carbonyl (C=O) groups excluding carboxylic acids is 1. The van der Waals surface area contributed by atoms with Crippen molar-refractivity contribution >= 4 is 5.91 Å². The predicted molar refractivity (Wildman–Crippen MR) is 102 cm³/mol. The van der Waals surface area contributed by atoms with Crippen LogP contribution in [0.25, 0.3) is 11.1 Å². The van der Waals surface area contributed by atoms with Crippen LogP contribution in [0.2, 0.25) is 0 Å². The number of aromatic nitrogens is 1. The zero-order chi connectivity index (χ0) is 18.6. The van der Waals surface area contributed by atoms with Crippen molar-refractivity contribution in [1.82, 2.24) is 15.2 Å². The van der Waals surface area contributed by atoms with Crippen molar-refractivity contribution in [1.29, 1.82) is 5.26 Å². The number of amides is 1. The fourth-order valence-electron chi connectivity index (χ4n) is 3.35. The summed E-state index contributed by atoms with van der Waals surface area (Å²) in [5.74, 6) is -0.202. The number of nitrogens with one attached hydrogen (secondary N) is 1. The van der Waals surface area contributed by atoms with Gasteiger partial charge in [-0.15, -0.1) is 0 Å². The van der Waals surface area contributed by atoms with Gasteiger partial charge in [-0.2, -0.15) is 5.26 Å². The normalized spacial score (nSPS) is 12.3. The molecule has 1 aliphatic rings. The number of nitrogens with zero attached hydrogens (tertiary/aromatic N) is 3. The first-order valence-electron chi connectivity index (χ1n) is 8.78. The third-order valence-electron chi connectivity index (χ3n) is 4.72. The second-order valence-corrected chi connectivity index (χ2v) is 6.50. The Morgan fingerprint density at radius 3 is 2.78 bits per heavy atom. The van der Waals surface area contributed by atoms with Crippen LogP contribution < -0.4 is 5.32 Å². The maximum absolute atomic E-state index is 12.5. The molecular weight excluding hydrogens is 336 g/mol. The van der Waals surface area contributed by atoms with Crippen LogP contribution in [0.4, 0.5) is 0 Å². The van der Waals surface area contributed by atoms with E-state index in [0.29, 0.717) is 25.3 Å². The van der Waals surface area contributed by atoms with Crippen molar-refractivity contribution in [3.05, 3.63) is 89.2 Å². The lowest BCUT2D eigenvalue weighted by molar-refractivity contribution is 0.0946. The van der Waals surface area contributed by atoms with E-state index < -0.39 is 0 Å². The fourth-order valence-corrected chi connectivity index (χ4v) is 3.35. The molecule has 1 N–H and O–H groups in total. The van der Waals surface area contributed by atoms with Gasteiger partial charge >= 0.3 is 0 Å². The lowest BCUT2D eigenvalue weighted by Crippen LogP contribution is -2.23. The van der Waals surface area contributed by atoms with Gasteiger partial charge in [-0.25, -0.2) is 0 Å². The number of benzene rings is 2. The van der Waals surface area contributed by atoms with E-state index in [0.717, 1.165) is 27.8 Å². The Kier molecular flexibility index (Phi) is 4.54. The second kappa shape index (κ2) is 7.30. The molecule has 1 aromatic heterocycles. The number of fused-ring (bicyclic) bond motifs is 1. The Morgan fingerprint density at radius 2 is 1.96 bits per heavy atom. The van der Waals surface area contributed by atoms with Crippen LogP contribution in [-0.4, -0.2) is 15.8 Å². The van der Waals surface area contributed by atoms with E-state index in [9.17, 15) is 10.1 Å². The topological polar surface area (TPSA) is 69.0 Å². The first kappa shape index (κ1) is 16.8. The average Bonchev–Trinajstić information content (AvgIpc) is 3.16. The summed E-state index contributed by atoms with van der Waals surface area (Å²) in [5.41, 5.74) is 5.70. The molecule has 0 spiro atoms. The molecule has 0 saturated heterocycles. The Morgan fingerprint density at radius 1 is 1.11 bits per heavy atom. The molecule has 2 heterocycles. The average molecular weight is 354 g/mol. The van der Waals surface area contributed by atoms with Gasteiger partial charge in [0.1, 0.15) is 5.69 Å². The summed E-state index contributed by atoms with van der Waals surface area (Å²) >= 11 is 0. The first-order chi connectivity index (χ1) is 13.2. The molecular formula is C22H18N4O. The van der Waals surface area contributed by atoms with Crippen LogP contribution in [0.3, 0.4) is 0 Å². The Balaban J connectivity index is 1.56. The summed E-state index contributed by atoms with van der Waals surface area (Å²) in [6.45, 7) is 1.69. The smallest absolute Gasteiger partial charge is 0.270 e. The lowest BCUT2D eigenvalue weighted by atomic mass is 9.97. The molecule has 2 aromatic carbocycles.